The molecule has 0 aliphatic carbocycles. The van der Waals surface area contributed by atoms with Crippen LogP contribution in [-0.4, -0.2) is 35.6 Å². The first-order valence-corrected chi connectivity index (χ1v) is 6.81. The van der Waals surface area contributed by atoms with E-state index in [1.54, 1.807) is 29.2 Å². The van der Waals surface area contributed by atoms with E-state index in [0.717, 1.165) is 0 Å². The van der Waals surface area contributed by atoms with Crippen LogP contribution in [0.25, 0.3) is 0 Å². The molecule has 21 heavy (non-hydrogen) atoms. The second-order valence-electron chi connectivity index (χ2n) is 5.92. The summed E-state index contributed by atoms with van der Waals surface area (Å²) in [5.41, 5.74) is 6.76. The van der Waals surface area contributed by atoms with Crippen LogP contribution in [-0.2, 0) is 9.59 Å². The van der Waals surface area contributed by atoms with E-state index in [1.165, 1.54) is 0 Å². The van der Waals surface area contributed by atoms with Crippen LogP contribution in [0.4, 0.5) is 11.4 Å². The molecule has 0 aliphatic rings. The number of hydrogen-bond acceptors (Lipinski definition) is 4. The smallest absolute Gasteiger partial charge is 0.305 e. The quantitative estimate of drug-likeness (QED) is 0.690. The molecule has 0 spiro atoms. The Morgan fingerprint density at radius 3 is 2.43 bits per heavy atom. The Morgan fingerprint density at radius 1 is 1.29 bits per heavy atom. The van der Waals surface area contributed by atoms with Gasteiger partial charge in [-0.15, -0.1) is 0 Å². The molecule has 1 amide bonds. The zero-order chi connectivity index (χ0) is 16.0. The SMILES string of the molecule is CC(C)(C)NC(=O)CN(CCC(=O)O)c1ccccc1N. The van der Waals surface area contributed by atoms with E-state index in [1.807, 2.05) is 20.8 Å². The number of amides is 1. The van der Waals surface area contributed by atoms with E-state index in [0.29, 0.717) is 11.4 Å². The highest BCUT2D eigenvalue weighted by molar-refractivity contribution is 5.84. The number of carboxylic acid groups (broad SMARTS) is 1. The fourth-order valence-corrected chi connectivity index (χ4v) is 1.92. The molecule has 0 bridgehead atoms. The van der Waals surface area contributed by atoms with Gasteiger partial charge in [-0.05, 0) is 32.9 Å². The summed E-state index contributed by atoms with van der Waals surface area (Å²) in [4.78, 5) is 24.5. The van der Waals surface area contributed by atoms with Crippen LogP contribution in [0.2, 0.25) is 0 Å². The first-order valence-electron chi connectivity index (χ1n) is 6.81. The van der Waals surface area contributed by atoms with Crippen LogP contribution in [0.1, 0.15) is 27.2 Å². The minimum Gasteiger partial charge on any atom is -0.481 e. The van der Waals surface area contributed by atoms with Gasteiger partial charge in [0.25, 0.3) is 0 Å². The molecule has 0 aliphatic heterocycles. The van der Waals surface area contributed by atoms with Gasteiger partial charge in [-0.2, -0.15) is 0 Å². The van der Waals surface area contributed by atoms with Gasteiger partial charge in [0, 0.05) is 12.1 Å². The van der Waals surface area contributed by atoms with E-state index in [2.05, 4.69) is 5.32 Å². The van der Waals surface area contributed by atoms with E-state index in [-0.39, 0.29) is 31.0 Å². The van der Waals surface area contributed by atoms with Crippen molar-refractivity contribution in [1.29, 1.82) is 0 Å². The fraction of sp³-hybridized carbons (Fsp3) is 0.467. The highest BCUT2D eigenvalue weighted by Crippen LogP contribution is 2.22. The van der Waals surface area contributed by atoms with Crippen molar-refractivity contribution in [1.82, 2.24) is 5.32 Å². The predicted octanol–water partition coefficient (Wildman–Crippen LogP) is 1.46. The lowest BCUT2D eigenvalue weighted by Crippen LogP contribution is -2.46. The Labute approximate surface area is 124 Å². The van der Waals surface area contributed by atoms with Gasteiger partial charge < -0.3 is 21.1 Å². The molecular weight excluding hydrogens is 270 g/mol. The number of carbonyl (C=O) groups is 2. The van der Waals surface area contributed by atoms with Crippen molar-refractivity contribution < 1.29 is 14.7 Å². The Bertz CT molecular complexity index is 509. The van der Waals surface area contributed by atoms with Gasteiger partial charge in [-0.1, -0.05) is 12.1 Å². The number of nitrogens with two attached hydrogens (primary N) is 1. The van der Waals surface area contributed by atoms with Crippen LogP contribution in [0.5, 0.6) is 0 Å². The summed E-state index contributed by atoms with van der Waals surface area (Å²) < 4.78 is 0. The summed E-state index contributed by atoms with van der Waals surface area (Å²) in [7, 11) is 0. The molecule has 6 heteroatoms. The molecule has 0 fully saturated rings. The van der Waals surface area contributed by atoms with Crippen LogP contribution in [0, 0.1) is 0 Å². The summed E-state index contributed by atoms with van der Waals surface area (Å²) >= 11 is 0. The molecule has 1 aromatic carbocycles. The molecular formula is C15H23N3O3. The molecule has 4 N–H and O–H groups in total. The fourth-order valence-electron chi connectivity index (χ4n) is 1.92. The highest BCUT2D eigenvalue weighted by atomic mass is 16.4. The molecule has 0 heterocycles. The molecule has 0 atom stereocenters. The third kappa shape index (κ3) is 6.16. The lowest BCUT2D eigenvalue weighted by atomic mass is 10.1. The highest BCUT2D eigenvalue weighted by Gasteiger charge is 2.18. The van der Waals surface area contributed by atoms with Crippen molar-refractivity contribution in [2.45, 2.75) is 32.7 Å². The van der Waals surface area contributed by atoms with Crippen molar-refractivity contribution in [3.63, 3.8) is 0 Å². The maximum atomic E-state index is 12.1. The van der Waals surface area contributed by atoms with Crippen molar-refractivity contribution >= 4 is 23.3 Å². The number of nitrogens with zero attached hydrogens (tertiary/aromatic N) is 1. The van der Waals surface area contributed by atoms with Crippen LogP contribution in [0.15, 0.2) is 24.3 Å². The van der Waals surface area contributed by atoms with Gasteiger partial charge in [-0.25, -0.2) is 0 Å². The minimum absolute atomic E-state index is 0.0584. The van der Waals surface area contributed by atoms with Crippen molar-refractivity contribution in [2.75, 3.05) is 23.7 Å². The lowest BCUT2D eigenvalue weighted by Gasteiger charge is -2.27. The number of nitrogens with one attached hydrogen (secondary N) is 1. The van der Waals surface area contributed by atoms with Crippen molar-refractivity contribution in [3.8, 4) is 0 Å². The Balaban J connectivity index is 2.85. The van der Waals surface area contributed by atoms with E-state index >= 15 is 0 Å². The maximum absolute atomic E-state index is 12.1. The third-order valence-electron chi connectivity index (χ3n) is 2.72. The average molecular weight is 293 g/mol. The first-order chi connectivity index (χ1) is 9.69. The summed E-state index contributed by atoms with van der Waals surface area (Å²) in [5.74, 6) is -1.08. The Morgan fingerprint density at radius 2 is 1.90 bits per heavy atom. The van der Waals surface area contributed by atoms with Gasteiger partial charge in [0.2, 0.25) is 5.91 Å². The number of anilines is 2. The number of para-hydroxylation sites is 2. The number of rotatable bonds is 6. The zero-order valence-corrected chi connectivity index (χ0v) is 12.7. The molecule has 0 unspecified atom stereocenters. The first kappa shape index (κ1) is 16.8. The second-order valence-corrected chi connectivity index (χ2v) is 5.92. The van der Waals surface area contributed by atoms with Gasteiger partial charge in [0.15, 0.2) is 0 Å². The van der Waals surface area contributed by atoms with Crippen LogP contribution >= 0.6 is 0 Å². The summed E-state index contributed by atoms with van der Waals surface area (Å²) in [6.45, 7) is 5.97. The molecule has 116 valence electrons. The second kappa shape index (κ2) is 6.97. The van der Waals surface area contributed by atoms with Crippen LogP contribution in [0.3, 0.4) is 0 Å². The number of benzene rings is 1. The van der Waals surface area contributed by atoms with E-state index < -0.39 is 5.97 Å². The van der Waals surface area contributed by atoms with E-state index in [9.17, 15) is 9.59 Å². The average Bonchev–Trinajstić information content (AvgIpc) is 2.33. The molecule has 0 saturated heterocycles. The van der Waals surface area contributed by atoms with Gasteiger partial charge in [0.05, 0.1) is 24.3 Å². The topological polar surface area (TPSA) is 95.7 Å². The van der Waals surface area contributed by atoms with Gasteiger partial charge in [-0.3, -0.25) is 9.59 Å². The van der Waals surface area contributed by atoms with Crippen molar-refractivity contribution in [2.24, 2.45) is 0 Å². The zero-order valence-electron chi connectivity index (χ0n) is 12.7. The molecule has 1 aromatic rings. The summed E-state index contributed by atoms with van der Waals surface area (Å²) in [6.07, 6.45) is -0.0584. The number of carboxylic acids is 1. The largest absolute Gasteiger partial charge is 0.481 e. The van der Waals surface area contributed by atoms with Gasteiger partial charge in [0.1, 0.15) is 0 Å². The Hall–Kier alpha value is -2.24. The molecule has 0 saturated carbocycles. The normalized spacial score (nSPS) is 11.0. The molecule has 6 nitrogen and oxygen atoms in total. The molecule has 1 rings (SSSR count). The maximum Gasteiger partial charge on any atom is 0.305 e. The standard InChI is InChI=1S/C15H23N3O3/c1-15(2,3)17-13(19)10-18(9-8-14(20)21)12-7-5-4-6-11(12)16/h4-7H,8-10,16H2,1-3H3,(H,17,19)(H,20,21). The minimum atomic E-state index is -0.911. The summed E-state index contributed by atoms with van der Waals surface area (Å²) in [6, 6.07) is 7.11. The number of carbonyl (C=O) groups excluding carboxylic acids is 1. The molecule has 0 aromatic heterocycles. The number of nitrogen functional groups attached to an aromatic ring is 1. The lowest BCUT2D eigenvalue weighted by molar-refractivity contribution is -0.136. The third-order valence-corrected chi connectivity index (χ3v) is 2.72. The summed E-state index contributed by atoms with van der Waals surface area (Å²) in [5, 5.41) is 11.7. The number of hydrogen-bond donors (Lipinski definition) is 3. The monoisotopic (exact) mass is 293 g/mol. The number of aliphatic carboxylic acids is 1. The molecule has 0 radical (unpaired) electrons. The van der Waals surface area contributed by atoms with Gasteiger partial charge >= 0.3 is 5.97 Å². The van der Waals surface area contributed by atoms with Crippen LogP contribution < -0.4 is 16.0 Å². The van der Waals surface area contributed by atoms with Crippen molar-refractivity contribution in [3.05, 3.63) is 24.3 Å². The predicted molar refractivity (Wildman–Crippen MR) is 83.2 cm³/mol. The Kier molecular flexibility index (Phi) is 5.58. The van der Waals surface area contributed by atoms with E-state index in [4.69, 9.17) is 10.8 Å².